The Morgan fingerprint density at radius 2 is 2.10 bits per heavy atom. The van der Waals surface area contributed by atoms with Gasteiger partial charge in [0.05, 0.1) is 19.1 Å². The average Bonchev–Trinajstić information content (AvgIpc) is 2.80. The van der Waals surface area contributed by atoms with E-state index in [0.29, 0.717) is 25.4 Å². The summed E-state index contributed by atoms with van der Waals surface area (Å²) in [7, 11) is 0. The molecule has 2 fully saturated rings. The van der Waals surface area contributed by atoms with Crippen LogP contribution in [0.5, 0.6) is 0 Å². The van der Waals surface area contributed by atoms with Gasteiger partial charge in [0.2, 0.25) is 11.8 Å². The second-order valence-corrected chi connectivity index (χ2v) is 6.34. The molecule has 0 aromatic rings. The fourth-order valence-corrected chi connectivity index (χ4v) is 2.87. The van der Waals surface area contributed by atoms with Gasteiger partial charge in [-0.05, 0) is 5.92 Å². The van der Waals surface area contributed by atoms with Gasteiger partial charge < -0.3 is 15.0 Å². The minimum absolute atomic E-state index is 0.0165. The first kappa shape index (κ1) is 16.2. The number of rotatable bonds is 6. The van der Waals surface area contributed by atoms with Gasteiger partial charge in [-0.1, -0.05) is 13.8 Å². The zero-order valence-corrected chi connectivity index (χ0v) is 13.1. The van der Waals surface area contributed by atoms with Crippen molar-refractivity contribution in [1.82, 2.24) is 15.1 Å². The van der Waals surface area contributed by atoms with E-state index in [-0.39, 0.29) is 17.7 Å². The summed E-state index contributed by atoms with van der Waals surface area (Å²) in [5.74, 6) is 0.387. The Bertz CT molecular complexity index is 367. The molecule has 2 saturated heterocycles. The highest BCUT2D eigenvalue weighted by molar-refractivity contribution is 5.89. The molecule has 2 aliphatic rings. The summed E-state index contributed by atoms with van der Waals surface area (Å²) in [4.78, 5) is 28.1. The van der Waals surface area contributed by atoms with E-state index >= 15 is 0 Å². The maximum Gasteiger partial charge on any atom is 0.225 e. The molecule has 2 heterocycles. The predicted octanol–water partition coefficient (Wildman–Crippen LogP) is -0.0607. The van der Waals surface area contributed by atoms with Crippen molar-refractivity contribution in [3.63, 3.8) is 0 Å². The van der Waals surface area contributed by atoms with Crippen molar-refractivity contribution in [3.8, 4) is 0 Å². The van der Waals surface area contributed by atoms with Crippen LogP contribution < -0.4 is 5.32 Å². The predicted molar refractivity (Wildman–Crippen MR) is 79.8 cm³/mol. The lowest BCUT2D eigenvalue weighted by Crippen LogP contribution is -2.42. The molecule has 2 aliphatic heterocycles. The second-order valence-electron chi connectivity index (χ2n) is 6.34. The smallest absolute Gasteiger partial charge is 0.225 e. The van der Waals surface area contributed by atoms with Crippen LogP contribution in [0.25, 0.3) is 0 Å². The number of nitrogens with one attached hydrogen (secondary N) is 1. The van der Waals surface area contributed by atoms with E-state index in [1.165, 1.54) is 0 Å². The molecule has 120 valence electrons. The number of likely N-dealkylation sites (tertiary alicyclic amines) is 1. The molecule has 0 aromatic carbocycles. The van der Waals surface area contributed by atoms with Crippen LogP contribution >= 0.6 is 0 Å². The lowest BCUT2D eigenvalue weighted by Gasteiger charge is -2.26. The molecular weight excluding hydrogens is 270 g/mol. The molecule has 2 amide bonds. The van der Waals surface area contributed by atoms with Crippen LogP contribution in [0.1, 0.15) is 20.3 Å². The van der Waals surface area contributed by atoms with Gasteiger partial charge in [0, 0.05) is 45.7 Å². The van der Waals surface area contributed by atoms with Gasteiger partial charge in [-0.3, -0.25) is 14.5 Å². The number of carbonyl (C=O) groups is 2. The zero-order valence-electron chi connectivity index (χ0n) is 13.1. The topological polar surface area (TPSA) is 61.9 Å². The Morgan fingerprint density at radius 3 is 2.76 bits per heavy atom. The van der Waals surface area contributed by atoms with E-state index in [2.05, 4.69) is 24.1 Å². The van der Waals surface area contributed by atoms with Gasteiger partial charge in [-0.15, -0.1) is 0 Å². The summed E-state index contributed by atoms with van der Waals surface area (Å²) in [6.45, 7) is 10.4. The molecule has 0 bridgehead atoms. The van der Waals surface area contributed by atoms with Crippen molar-refractivity contribution in [2.24, 2.45) is 11.8 Å². The van der Waals surface area contributed by atoms with Crippen LogP contribution in [-0.2, 0) is 14.3 Å². The molecule has 6 heteroatoms. The van der Waals surface area contributed by atoms with E-state index < -0.39 is 0 Å². The zero-order chi connectivity index (χ0) is 15.2. The summed E-state index contributed by atoms with van der Waals surface area (Å²) in [5, 5.41) is 2.97. The SMILES string of the molecule is CC(C)CN1CC(C(=O)NCCN2CCOCC2)CC1=O. The molecule has 1 atom stereocenters. The van der Waals surface area contributed by atoms with Crippen molar-refractivity contribution in [3.05, 3.63) is 0 Å². The summed E-state index contributed by atoms with van der Waals surface area (Å²) < 4.78 is 5.29. The van der Waals surface area contributed by atoms with Crippen molar-refractivity contribution >= 4 is 11.8 Å². The van der Waals surface area contributed by atoms with Crippen LogP contribution in [0.15, 0.2) is 0 Å². The maximum absolute atomic E-state index is 12.1. The molecule has 6 nitrogen and oxygen atoms in total. The summed E-state index contributed by atoms with van der Waals surface area (Å²) in [6.07, 6.45) is 0.357. The molecule has 1 unspecified atom stereocenters. The van der Waals surface area contributed by atoms with E-state index in [9.17, 15) is 9.59 Å². The third kappa shape index (κ3) is 4.97. The van der Waals surface area contributed by atoms with Crippen molar-refractivity contribution in [1.29, 1.82) is 0 Å². The molecule has 21 heavy (non-hydrogen) atoms. The quantitative estimate of drug-likeness (QED) is 0.746. The van der Waals surface area contributed by atoms with Crippen molar-refractivity contribution < 1.29 is 14.3 Å². The lowest BCUT2D eigenvalue weighted by molar-refractivity contribution is -0.129. The van der Waals surface area contributed by atoms with Gasteiger partial charge in [-0.25, -0.2) is 0 Å². The lowest BCUT2D eigenvalue weighted by atomic mass is 10.1. The van der Waals surface area contributed by atoms with Gasteiger partial charge in [-0.2, -0.15) is 0 Å². The Balaban J connectivity index is 1.67. The summed E-state index contributed by atoms with van der Waals surface area (Å²) in [5.41, 5.74) is 0. The summed E-state index contributed by atoms with van der Waals surface area (Å²) >= 11 is 0. The number of amides is 2. The van der Waals surface area contributed by atoms with E-state index in [1.807, 2.05) is 4.90 Å². The minimum atomic E-state index is -0.180. The van der Waals surface area contributed by atoms with Crippen LogP contribution in [0.2, 0.25) is 0 Å². The van der Waals surface area contributed by atoms with Gasteiger partial charge in [0.1, 0.15) is 0 Å². The third-order valence-electron chi connectivity index (χ3n) is 4.00. The largest absolute Gasteiger partial charge is 0.379 e. The second kappa shape index (κ2) is 7.75. The monoisotopic (exact) mass is 297 g/mol. The van der Waals surface area contributed by atoms with Crippen molar-refractivity contribution in [2.45, 2.75) is 20.3 Å². The summed E-state index contributed by atoms with van der Waals surface area (Å²) in [6, 6.07) is 0. The minimum Gasteiger partial charge on any atom is -0.379 e. The van der Waals surface area contributed by atoms with Gasteiger partial charge >= 0.3 is 0 Å². The molecule has 0 saturated carbocycles. The van der Waals surface area contributed by atoms with Crippen LogP contribution in [0.4, 0.5) is 0 Å². The van der Waals surface area contributed by atoms with E-state index in [4.69, 9.17) is 4.74 Å². The molecule has 2 rings (SSSR count). The highest BCUT2D eigenvalue weighted by atomic mass is 16.5. The first-order valence-electron chi connectivity index (χ1n) is 7.92. The molecule has 0 radical (unpaired) electrons. The Labute approximate surface area is 126 Å². The number of morpholine rings is 1. The molecule has 0 spiro atoms. The maximum atomic E-state index is 12.1. The molecular formula is C15H27N3O3. The standard InChI is InChI=1S/C15H27N3O3/c1-12(2)10-18-11-13(9-14(18)19)15(20)16-3-4-17-5-7-21-8-6-17/h12-13H,3-11H2,1-2H3,(H,16,20). The number of hydrogen-bond donors (Lipinski definition) is 1. The van der Waals surface area contributed by atoms with Crippen LogP contribution in [-0.4, -0.2) is 74.1 Å². The highest BCUT2D eigenvalue weighted by Gasteiger charge is 2.34. The number of hydrogen-bond acceptors (Lipinski definition) is 4. The van der Waals surface area contributed by atoms with Crippen LogP contribution in [0.3, 0.4) is 0 Å². The molecule has 0 aromatic heterocycles. The fraction of sp³-hybridized carbons (Fsp3) is 0.867. The molecule has 0 aliphatic carbocycles. The number of ether oxygens (including phenoxy) is 1. The number of nitrogens with zero attached hydrogens (tertiary/aromatic N) is 2. The normalized spacial score (nSPS) is 23.9. The third-order valence-corrected chi connectivity index (χ3v) is 4.00. The van der Waals surface area contributed by atoms with E-state index in [0.717, 1.165) is 39.4 Å². The average molecular weight is 297 g/mol. The van der Waals surface area contributed by atoms with Gasteiger partial charge in [0.25, 0.3) is 0 Å². The van der Waals surface area contributed by atoms with Crippen LogP contribution in [0, 0.1) is 11.8 Å². The first-order valence-corrected chi connectivity index (χ1v) is 7.92. The molecule has 1 N–H and O–H groups in total. The number of carbonyl (C=O) groups excluding carboxylic acids is 2. The van der Waals surface area contributed by atoms with E-state index in [1.54, 1.807) is 0 Å². The Hall–Kier alpha value is -1.14. The first-order chi connectivity index (χ1) is 10.1. The Morgan fingerprint density at radius 1 is 1.38 bits per heavy atom. The highest BCUT2D eigenvalue weighted by Crippen LogP contribution is 2.19. The Kier molecular flexibility index (Phi) is 5.99. The fourth-order valence-electron chi connectivity index (χ4n) is 2.87. The van der Waals surface area contributed by atoms with Crippen molar-refractivity contribution in [2.75, 3.05) is 52.5 Å². The van der Waals surface area contributed by atoms with Gasteiger partial charge in [0.15, 0.2) is 0 Å².